The van der Waals surface area contributed by atoms with Gasteiger partial charge in [0.2, 0.25) is 5.91 Å². The number of aliphatic hydroxyl groups is 1. The zero-order valence-electron chi connectivity index (χ0n) is 25.2. The highest BCUT2D eigenvalue weighted by molar-refractivity contribution is 7.47. The van der Waals surface area contributed by atoms with Crippen molar-refractivity contribution in [3.05, 3.63) is 12.2 Å². The third kappa shape index (κ3) is 24.3. The molecule has 0 aromatic rings. The number of hydrogen-bond donors (Lipinski definition) is 3. The van der Waals surface area contributed by atoms with Crippen molar-refractivity contribution in [1.82, 2.24) is 5.32 Å². The highest BCUT2D eigenvalue weighted by atomic mass is 31.2. The molecule has 2 unspecified atom stereocenters. The van der Waals surface area contributed by atoms with E-state index >= 15 is 0 Å². The summed E-state index contributed by atoms with van der Waals surface area (Å²) >= 11 is 0. The van der Waals surface area contributed by atoms with Gasteiger partial charge in [-0.05, 0) is 19.3 Å². The molecule has 3 atom stereocenters. The highest BCUT2D eigenvalue weighted by Crippen LogP contribution is 2.43. The molecule has 0 spiro atoms. The van der Waals surface area contributed by atoms with Crippen molar-refractivity contribution in [2.45, 2.75) is 129 Å². The fourth-order valence-electron chi connectivity index (χ4n) is 3.98. The molecule has 226 valence electrons. The zero-order chi connectivity index (χ0) is 28.7. The van der Waals surface area contributed by atoms with Crippen LogP contribution >= 0.6 is 7.82 Å². The van der Waals surface area contributed by atoms with E-state index in [1.165, 1.54) is 57.8 Å². The molecule has 38 heavy (non-hydrogen) atoms. The van der Waals surface area contributed by atoms with Gasteiger partial charge >= 0.3 is 7.82 Å². The van der Waals surface area contributed by atoms with E-state index in [1.54, 1.807) is 6.08 Å². The van der Waals surface area contributed by atoms with Gasteiger partial charge in [-0.25, -0.2) is 4.57 Å². The first-order chi connectivity index (χ1) is 18.0. The van der Waals surface area contributed by atoms with Crippen molar-refractivity contribution in [1.29, 1.82) is 0 Å². The number of nitrogens with zero attached hydrogens (tertiary/aromatic N) is 1. The minimum absolute atomic E-state index is 0.0622. The second-order valence-electron chi connectivity index (χ2n) is 11.5. The quantitative estimate of drug-likeness (QED) is 0.0480. The van der Waals surface area contributed by atoms with Gasteiger partial charge in [-0.3, -0.25) is 13.8 Å². The maximum atomic E-state index is 12.4. The van der Waals surface area contributed by atoms with E-state index < -0.39 is 20.0 Å². The lowest BCUT2D eigenvalue weighted by Crippen LogP contribution is -2.45. The molecule has 0 aliphatic rings. The van der Waals surface area contributed by atoms with Crippen molar-refractivity contribution in [3.63, 3.8) is 0 Å². The Morgan fingerprint density at radius 3 is 1.95 bits per heavy atom. The number of aliphatic hydroxyl groups excluding tert-OH is 1. The van der Waals surface area contributed by atoms with E-state index in [2.05, 4.69) is 19.2 Å². The summed E-state index contributed by atoms with van der Waals surface area (Å²) in [5, 5.41) is 13.5. The summed E-state index contributed by atoms with van der Waals surface area (Å²) in [7, 11) is 1.56. The topological polar surface area (TPSA) is 105 Å². The van der Waals surface area contributed by atoms with E-state index in [0.29, 0.717) is 17.4 Å². The number of carbonyl (C=O) groups is 1. The van der Waals surface area contributed by atoms with Crippen LogP contribution in [0.3, 0.4) is 0 Å². The van der Waals surface area contributed by atoms with Crippen molar-refractivity contribution in [3.8, 4) is 0 Å². The van der Waals surface area contributed by atoms with Crippen molar-refractivity contribution >= 4 is 13.7 Å². The second kappa shape index (κ2) is 23.0. The number of likely N-dealkylation sites (N-methyl/N-ethyl adjacent to an activating group) is 1. The summed E-state index contributed by atoms with van der Waals surface area (Å²) in [6.45, 7) is 4.59. The van der Waals surface area contributed by atoms with Crippen LogP contribution in [-0.2, 0) is 18.4 Å². The summed E-state index contributed by atoms with van der Waals surface area (Å²) in [5.41, 5.74) is 0. The summed E-state index contributed by atoms with van der Waals surface area (Å²) in [5.74, 6) is -0.205. The molecule has 0 heterocycles. The van der Waals surface area contributed by atoms with E-state index in [0.717, 1.165) is 38.5 Å². The predicted octanol–water partition coefficient (Wildman–Crippen LogP) is 6.51. The number of allylic oxidation sites excluding steroid dienone is 1. The molecule has 0 rings (SSSR count). The fourth-order valence-corrected chi connectivity index (χ4v) is 4.71. The first-order valence-electron chi connectivity index (χ1n) is 15.1. The molecule has 0 aromatic heterocycles. The first-order valence-corrected chi connectivity index (χ1v) is 16.6. The molecular weight excluding hydrogens is 503 g/mol. The molecule has 0 aliphatic heterocycles. The van der Waals surface area contributed by atoms with Crippen molar-refractivity contribution < 1.29 is 32.9 Å². The maximum Gasteiger partial charge on any atom is 0.472 e. The molecule has 0 fully saturated rings. The molecule has 0 saturated heterocycles. The lowest BCUT2D eigenvalue weighted by molar-refractivity contribution is -0.870. The average molecular weight is 564 g/mol. The number of rotatable bonds is 26. The van der Waals surface area contributed by atoms with Crippen LogP contribution in [0.5, 0.6) is 0 Å². The smallest absolute Gasteiger partial charge is 0.387 e. The van der Waals surface area contributed by atoms with Gasteiger partial charge in [0, 0.05) is 6.42 Å². The van der Waals surface area contributed by atoms with E-state index in [9.17, 15) is 19.4 Å². The fraction of sp³-hybridized carbons (Fsp3) is 0.897. The Kier molecular flexibility index (Phi) is 22.5. The monoisotopic (exact) mass is 563 g/mol. The minimum atomic E-state index is -4.30. The van der Waals surface area contributed by atoms with Gasteiger partial charge in [0.1, 0.15) is 13.2 Å². The van der Waals surface area contributed by atoms with Gasteiger partial charge < -0.3 is 19.8 Å². The second-order valence-corrected chi connectivity index (χ2v) is 12.9. The maximum absolute atomic E-state index is 12.4. The zero-order valence-corrected chi connectivity index (χ0v) is 26.1. The number of carbonyl (C=O) groups excluding carboxylic acids is 1. The molecule has 3 N–H and O–H groups in total. The van der Waals surface area contributed by atoms with Gasteiger partial charge in [0.25, 0.3) is 0 Å². The normalized spacial score (nSPS) is 15.4. The molecule has 0 radical (unpaired) electrons. The Morgan fingerprint density at radius 1 is 0.868 bits per heavy atom. The molecule has 9 heteroatoms. The number of phosphoric acid groups is 1. The van der Waals surface area contributed by atoms with Crippen LogP contribution in [0, 0.1) is 0 Å². The van der Waals surface area contributed by atoms with Gasteiger partial charge in [0.05, 0.1) is 39.9 Å². The van der Waals surface area contributed by atoms with E-state index in [4.69, 9.17) is 9.05 Å². The lowest BCUT2D eigenvalue weighted by Gasteiger charge is -2.25. The molecule has 0 bridgehead atoms. The van der Waals surface area contributed by atoms with E-state index in [1.807, 2.05) is 27.2 Å². The number of unbranched alkanes of at least 4 members (excludes halogenated alkanes) is 13. The molecule has 0 saturated carbocycles. The predicted molar refractivity (Wildman–Crippen MR) is 157 cm³/mol. The average Bonchev–Trinajstić information content (AvgIpc) is 2.83. The van der Waals surface area contributed by atoms with Gasteiger partial charge in [-0.1, -0.05) is 103 Å². The van der Waals surface area contributed by atoms with E-state index in [-0.39, 0.29) is 19.1 Å². The van der Waals surface area contributed by atoms with Crippen LogP contribution in [0.15, 0.2) is 12.2 Å². The highest BCUT2D eigenvalue weighted by Gasteiger charge is 2.27. The Morgan fingerprint density at radius 2 is 1.39 bits per heavy atom. The van der Waals surface area contributed by atoms with Gasteiger partial charge in [0.15, 0.2) is 0 Å². The van der Waals surface area contributed by atoms with Crippen molar-refractivity contribution in [2.75, 3.05) is 40.9 Å². The molecule has 8 nitrogen and oxygen atoms in total. The third-order valence-electron chi connectivity index (χ3n) is 6.51. The Hall–Kier alpha value is -0.760. The van der Waals surface area contributed by atoms with Crippen LogP contribution in [0.1, 0.15) is 117 Å². The number of nitrogens with one attached hydrogen (secondary N) is 1. The van der Waals surface area contributed by atoms with Crippen LogP contribution in [-0.4, -0.2) is 73.4 Å². The Balaban J connectivity index is 4.49. The van der Waals surface area contributed by atoms with Crippen molar-refractivity contribution in [2.24, 2.45) is 0 Å². The molecule has 0 aromatic carbocycles. The van der Waals surface area contributed by atoms with Gasteiger partial charge in [-0.15, -0.1) is 0 Å². The molecule has 0 aliphatic carbocycles. The summed E-state index contributed by atoms with van der Waals surface area (Å²) in [4.78, 5) is 22.4. The van der Waals surface area contributed by atoms with Crippen LogP contribution in [0.25, 0.3) is 0 Å². The largest absolute Gasteiger partial charge is 0.472 e. The third-order valence-corrected chi connectivity index (χ3v) is 7.49. The standard InChI is InChI=1S/C29H59N2O6P/c1-6-8-10-11-12-13-14-15-16-17-18-19-21-22-28(32)27(30-29(33)23-20-9-7-2)26-37-38(34,35)36-25-24-31(3,4)5/h21-22,27-28,32H,6-20,23-26H2,1-5H3,(H-,30,33,34,35)/p+1/b22-21+/t27?,28-/m1/s1. The lowest BCUT2D eigenvalue weighted by atomic mass is 10.0. The SMILES string of the molecule is CCCCCCCCCCCCC/C=C/[C@@H](O)C(COP(=O)(O)OCC[N+](C)(C)C)NC(=O)CCCCC. The Labute approximate surface area is 233 Å². The van der Waals surface area contributed by atoms with Gasteiger partial charge in [-0.2, -0.15) is 0 Å². The van der Waals surface area contributed by atoms with Crippen LogP contribution < -0.4 is 5.32 Å². The Bertz CT molecular complexity index is 653. The number of phosphoric ester groups is 1. The summed E-state index contributed by atoms with van der Waals surface area (Å²) in [6, 6.07) is -0.833. The molecular formula is C29H60N2O6P+. The van der Waals surface area contributed by atoms with Crippen LogP contribution in [0.2, 0.25) is 0 Å². The van der Waals surface area contributed by atoms with Crippen LogP contribution in [0.4, 0.5) is 0 Å². The summed E-state index contributed by atoms with van der Waals surface area (Å²) < 4.78 is 23.1. The summed E-state index contributed by atoms with van der Waals surface area (Å²) in [6.07, 6.45) is 20.6. The molecule has 1 amide bonds. The first kappa shape index (κ1) is 37.2. The number of quaternary nitrogens is 1. The number of amides is 1. The number of hydrogen-bond acceptors (Lipinski definition) is 5. The minimum Gasteiger partial charge on any atom is -0.387 e.